The maximum absolute atomic E-state index is 13.2. The highest BCUT2D eigenvalue weighted by molar-refractivity contribution is 6.07. The van der Waals surface area contributed by atoms with Crippen LogP contribution < -0.4 is 9.80 Å². The van der Waals surface area contributed by atoms with E-state index >= 15 is 0 Å². The molecule has 1 saturated heterocycles. The number of amides is 1. The summed E-state index contributed by atoms with van der Waals surface area (Å²) in [6, 6.07) is 9.95. The van der Waals surface area contributed by atoms with Gasteiger partial charge in [-0.15, -0.1) is 0 Å². The molecule has 5 rings (SSSR count). The van der Waals surface area contributed by atoms with Gasteiger partial charge in [0.2, 0.25) is 5.95 Å². The van der Waals surface area contributed by atoms with E-state index in [1.165, 1.54) is 0 Å². The lowest BCUT2D eigenvalue weighted by Gasteiger charge is -2.51. The lowest BCUT2D eigenvalue weighted by atomic mass is 9.89. The van der Waals surface area contributed by atoms with Crippen LogP contribution in [0.1, 0.15) is 13.3 Å². The molecule has 1 amide bonds. The van der Waals surface area contributed by atoms with Crippen molar-refractivity contribution in [2.45, 2.75) is 18.9 Å². The van der Waals surface area contributed by atoms with E-state index in [-0.39, 0.29) is 5.91 Å². The van der Waals surface area contributed by atoms with Crippen molar-refractivity contribution in [3.05, 3.63) is 48.9 Å². The molecule has 2 aliphatic rings. The van der Waals surface area contributed by atoms with Gasteiger partial charge in [0.1, 0.15) is 17.1 Å². The Hall–Kier alpha value is -3.26. The average molecular weight is 390 g/mol. The predicted molar refractivity (Wildman–Crippen MR) is 109 cm³/mol. The number of imidazole rings is 1. The van der Waals surface area contributed by atoms with Crippen molar-refractivity contribution in [2.24, 2.45) is 0 Å². The van der Waals surface area contributed by atoms with Gasteiger partial charge in [0.05, 0.1) is 19.4 Å². The normalized spacial score (nSPS) is 21.1. The molecular weight excluding hydrogens is 368 g/mol. The van der Waals surface area contributed by atoms with Gasteiger partial charge in [-0.3, -0.25) is 9.36 Å². The largest absolute Gasteiger partial charge is 0.377 e. The monoisotopic (exact) mass is 390 g/mol. The number of ether oxygens (including phenoxy) is 1. The molecule has 0 unspecified atom stereocenters. The molecule has 8 nitrogen and oxygen atoms in total. The first-order valence-electron chi connectivity index (χ1n) is 9.75. The first-order valence-corrected chi connectivity index (χ1v) is 9.75. The number of hydrogen-bond acceptors (Lipinski definition) is 6. The second-order valence-electron chi connectivity index (χ2n) is 7.32. The van der Waals surface area contributed by atoms with E-state index < -0.39 is 5.54 Å². The molecule has 1 fully saturated rings. The fraction of sp³-hybridized carbons (Fsp3) is 0.333. The minimum atomic E-state index is -0.719. The number of hydrogen-bond donors (Lipinski definition) is 0. The third kappa shape index (κ3) is 2.56. The molecule has 0 aliphatic carbocycles. The summed E-state index contributed by atoms with van der Waals surface area (Å²) in [7, 11) is 1.78. The van der Waals surface area contributed by atoms with Gasteiger partial charge >= 0.3 is 0 Å². The first kappa shape index (κ1) is 17.8. The standard InChI is InChI=1S/C21H22N6O2/c1-3-21-14-29-12-11-27(21)18-16(25(2)19(21)28)13-23-20(24-18)26-10-9-22-17(26)15-7-5-4-6-8-15/h4-10,13H,3,11-12,14H2,1-2H3/t21-/m0/s1. The molecule has 1 aromatic carbocycles. The van der Waals surface area contributed by atoms with Crippen molar-refractivity contribution >= 4 is 17.4 Å². The summed E-state index contributed by atoms with van der Waals surface area (Å²) in [5, 5.41) is 0. The van der Waals surface area contributed by atoms with Crippen LogP contribution in [0.5, 0.6) is 0 Å². The number of fused-ring (bicyclic) bond motifs is 3. The van der Waals surface area contributed by atoms with Gasteiger partial charge in [-0.05, 0) is 6.42 Å². The molecule has 1 atom stereocenters. The molecule has 2 aliphatic heterocycles. The summed E-state index contributed by atoms with van der Waals surface area (Å²) in [5.74, 6) is 2.08. The van der Waals surface area contributed by atoms with E-state index in [9.17, 15) is 4.79 Å². The van der Waals surface area contributed by atoms with Crippen molar-refractivity contribution in [3.63, 3.8) is 0 Å². The van der Waals surface area contributed by atoms with Gasteiger partial charge in [0.15, 0.2) is 5.82 Å². The second kappa shape index (κ2) is 6.66. The van der Waals surface area contributed by atoms with Crippen LogP contribution >= 0.6 is 0 Å². The number of morpholine rings is 1. The van der Waals surface area contributed by atoms with Gasteiger partial charge in [-0.1, -0.05) is 37.3 Å². The van der Waals surface area contributed by atoms with Gasteiger partial charge in [0.25, 0.3) is 5.91 Å². The lowest BCUT2D eigenvalue weighted by Crippen LogP contribution is -2.68. The molecule has 29 heavy (non-hydrogen) atoms. The summed E-state index contributed by atoms with van der Waals surface area (Å²) in [4.78, 5) is 30.9. The third-order valence-electron chi connectivity index (χ3n) is 5.85. The van der Waals surface area contributed by atoms with Crippen LogP contribution in [0.15, 0.2) is 48.9 Å². The summed E-state index contributed by atoms with van der Waals surface area (Å²) < 4.78 is 7.57. The van der Waals surface area contributed by atoms with E-state index in [0.717, 1.165) is 17.2 Å². The molecule has 0 N–H and O–H groups in total. The highest BCUT2D eigenvalue weighted by Crippen LogP contribution is 2.41. The Balaban J connectivity index is 1.65. The number of aromatic nitrogens is 4. The van der Waals surface area contributed by atoms with E-state index in [4.69, 9.17) is 9.72 Å². The van der Waals surface area contributed by atoms with Gasteiger partial charge in [0, 0.05) is 31.5 Å². The minimum absolute atomic E-state index is 0.0242. The Bertz CT molecular complexity index is 1070. The van der Waals surface area contributed by atoms with Crippen LogP contribution in [0.3, 0.4) is 0 Å². The second-order valence-corrected chi connectivity index (χ2v) is 7.32. The summed E-state index contributed by atoms with van der Waals surface area (Å²) in [5.41, 5.74) is 0.981. The van der Waals surface area contributed by atoms with Crippen LogP contribution in [0.25, 0.3) is 17.3 Å². The summed E-state index contributed by atoms with van der Waals surface area (Å²) >= 11 is 0. The highest BCUT2D eigenvalue weighted by atomic mass is 16.5. The van der Waals surface area contributed by atoms with E-state index in [1.54, 1.807) is 24.3 Å². The fourth-order valence-electron chi connectivity index (χ4n) is 4.21. The number of benzene rings is 1. The Morgan fingerprint density at radius 2 is 2.03 bits per heavy atom. The Labute approximate surface area is 168 Å². The number of nitrogens with zero attached hydrogens (tertiary/aromatic N) is 6. The van der Waals surface area contributed by atoms with Gasteiger partial charge < -0.3 is 14.5 Å². The Kier molecular flexibility index (Phi) is 4.09. The lowest BCUT2D eigenvalue weighted by molar-refractivity contribution is -0.128. The van der Waals surface area contributed by atoms with Crippen LogP contribution in [-0.2, 0) is 9.53 Å². The maximum atomic E-state index is 13.2. The van der Waals surface area contributed by atoms with Crippen LogP contribution in [0.2, 0.25) is 0 Å². The molecule has 0 bridgehead atoms. The molecule has 3 aromatic rings. The third-order valence-corrected chi connectivity index (χ3v) is 5.85. The van der Waals surface area contributed by atoms with Gasteiger partial charge in [-0.25, -0.2) is 9.97 Å². The molecule has 0 radical (unpaired) electrons. The van der Waals surface area contributed by atoms with E-state index in [0.29, 0.717) is 37.8 Å². The quantitative estimate of drug-likeness (QED) is 0.683. The topological polar surface area (TPSA) is 76.4 Å². The van der Waals surface area contributed by atoms with Crippen LogP contribution in [0.4, 0.5) is 11.5 Å². The van der Waals surface area contributed by atoms with Crippen LogP contribution in [-0.4, -0.2) is 57.8 Å². The fourth-order valence-corrected chi connectivity index (χ4v) is 4.21. The molecular formula is C21H22N6O2. The molecule has 4 heterocycles. The number of carbonyl (C=O) groups is 1. The smallest absolute Gasteiger partial charge is 0.255 e. The Morgan fingerprint density at radius 1 is 1.21 bits per heavy atom. The molecule has 8 heteroatoms. The highest BCUT2D eigenvalue weighted by Gasteiger charge is 2.52. The number of likely N-dealkylation sites (N-methyl/N-ethyl adjacent to an activating group) is 1. The van der Waals surface area contributed by atoms with Crippen molar-refractivity contribution in [1.82, 2.24) is 19.5 Å². The SMILES string of the molecule is CC[C@@]12COCCN1c1nc(-n3ccnc3-c3ccccc3)ncc1N(C)C2=O. The average Bonchev–Trinajstić information content (AvgIpc) is 3.27. The van der Waals surface area contributed by atoms with E-state index in [2.05, 4.69) is 14.9 Å². The number of rotatable bonds is 3. The summed E-state index contributed by atoms with van der Waals surface area (Å²) in [6.07, 6.45) is 5.97. The minimum Gasteiger partial charge on any atom is -0.377 e. The van der Waals surface area contributed by atoms with Crippen molar-refractivity contribution in [3.8, 4) is 17.3 Å². The molecule has 0 spiro atoms. The predicted octanol–water partition coefficient (Wildman–Crippen LogP) is 2.29. The Morgan fingerprint density at radius 3 is 2.83 bits per heavy atom. The number of anilines is 2. The van der Waals surface area contributed by atoms with E-state index in [1.807, 2.05) is 48.0 Å². The molecule has 2 aromatic heterocycles. The first-order chi connectivity index (χ1) is 14.2. The zero-order chi connectivity index (χ0) is 20.0. The zero-order valence-corrected chi connectivity index (χ0v) is 16.4. The number of carbonyl (C=O) groups excluding carboxylic acids is 1. The summed E-state index contributed by atoms with van der Waals surface area (Å²) in [6.45, 7) is 3.57. The van der Waals surface area contributed by atoms with Gasteiger partial charge in [-0.2, -0.15) is 4.98 Å². The van der Waals surface area contributed by atoms with Crippen molar-refractivity contribution in [1.29, 1.82) is 0 Å². The zero-order valence-electron chi connectivity index (χ0n) is 16.4. The maximum Gasteiger partial charge on any atom is 0.255 e. The van der Waals surface area contributed by atoms with Crippen LogP contribution in [0, 0.1) is 0 Å². The molecule has 0 saturated carbocycles. The molecule has 148 valence electrons. The van der Waals surface area contributed by atoms with Crippen molar-refractivity contribution in [2.75, 3.05) is 36.6 Å². The van der Waals surface area contributed by atoms with Crippen molar-refractivity contribution < 1.29 is 9.53 Å².